The lowest BCUT2D eigenvalue weighted by Gasteiger charge is -2.30. The number of hydrogen-bond acceptors (Lipinski definition) is 4. The Bertz CT molecular complexity index is 4130. The minimum Gasteiger partial charge on any atom is -0.454 e. The maximum atomic E-state index is 7.25. The minimum absolute atomic E-state index is 0.0429. The summed E-state index contributed by atoms with van der Waals surface area (Å²) in [6.07, 6.45) is 3.18. The number of fused-ring (bicyclic) bond motifs is 6. The number of anilines is 6. The summed E-state index contributed by atoms with van der Waals surface area (Å²) < 4.78 is 14.5. The van der Waals surface area contributed by atoms with Crippen molar-refractivity contribution in [3.8, 4) is 0 Å². The Balaban J connectivity index is 1.13. The van der Waals surface area contributed by atoms with Gasteiger partial charge in [0.25, 0.3) is 0 Å². The lowest BCUT2D eigenvalue weighted by atomic mass is 9.80. The van der Waals surface area contributed by atoms with Crippen molar-refractivity contribution in [3.63, 3.8) is 0 Å². The van der Waals surface area contributed by atoms with Crippen LogP contribution in [0.5, 0.6) is 0 Å². The Morgan fingerprint density at radius 3 is 1.15 bits per heavy atom. The Morgan fingerprint density at radius 2 is 0.753 bits per heavy atom. The fourth-order valence-corrected chi connectivity index (χ4v) is 12.2. The molecule has 0 unspecified atom stereocenters. The van der Waals surface area contributed by atoms with Crippen LogP contribution in [0.25, 0.3) is 76.2 Å². The highest BCUT2D eigenvalue weighted by Gasteiger charge is 2.30. The number of furan rings is 2. The van der Waals surface area contributed by atoms with Gasteiger partial charge in [-0.15, -0.1) is 0 Å². The molecule has 12 rings (SSSR count). The summed E-state index contributed by atoms with van der Waals surface area (Å²) in [5, 5.41) is 11.8. The molecule has 0 bridgehead atoms. The first-order valence-corrected chi connectivity index (χ1v) is 26.5. The summed E-state index contributed by atoms with van der Waals surface area (Å²) in [4.78, 5) is 4.93. The first kappa shape index (κ1) is 46.5. The van der Waals surface area contributed by atoms with Gasteiger partial charge in [0.2, 0.25) is 0 Å². The zero-order valence-corrected chi connectivity index (χ0v) is 44.7. The van der Waals surface area contributed by atoms with Crippen LogP contribution in [-0.4, -0.2) is 0 Å². The van der Waals surface area contributed by atoms with Gasteiger partial charge >= 0.3 is 0 Å². The molecule has 12 aromatic rings. The van der Waals surface area contributed by atoms with Crippen LogP contribution in [0.1, 0.15) is 105 Å². The molecule has 2 aromatic heterocycles. The summed E-state index contributed by atoms with van der Waals surface area (Å²) >= 11 is 0. The van der Waals surface area contributed by atoms with E-state index in [1.807, 2.05) is 0 Å². The van der Waals surface area contributed by atoms with Crippen LogP contribution >= 0.6 is 0 Å². The summed E-state index contributed by atoms with van der Waals surface area (Å²) in [5.74, 6) is 0. The van der Waals surface area contributed by atoms with Crippen LogP contribution in [0.2, 0.25) is 0 Å². The predicted molar refractivity (Wildman–Crippen MR) is 314 cm³/mol. The van der Waals surface area contributed by atoms with Gasteiger partial charge in [-0.2, -0.15) is 0 Å². The van der Waals surface area contributed by atoms with Crippen LogP contribution in [0.15, 0.2) is 154 Å². The summed E-state index contributed by atoms with van der Waals surface area (Å²) in [5.41, 5.74) is 20.2. The molecule has 0 aliphatic heterocycles. The highest BCUT2D eigenvalue weighted by atomic mass is 16.3. The molecule has 0 fully saturated rings. The van der Waals surface area contributed by atoms with E-state index < -0.39 is 0 Å². The Kier molecular flexibility index (Phi) is 10.8. The van der Waals surface area contributed by atoms with Gasteiger partial charge in [-0.1, -0.05) is 145 Å². The monoisotopic (exact) mass is 955 g/mol. The SMILES string of the molecule is CCCC(C)(C)c1cccc2c1oc1c(N(c3cc(C)c(C)c(C)c3)c3ccc4ccc5c(N(c6cc(C)c(C)c(C)c6)c6cccc7c6oc6c(C(C)(C)CC)cccc67)ccc6ccc3c4c65)cccc12. The molecule has 0 aliphatic carbocycles. The van der Waals surface area contributed by atoms with Crippen molar-refractivity contribution in [1.82, 2.24) is 0 Å². The summed E-state index contributed by atoms with van der Waals surface area (Å²) in [7, 11) is 0. The number of hydrogen-bond donors (Lipinski definition) is 0. The third kappa shape index (κ3) is 7.15. The largest absolute Gasteiger partial charge is 0.454 e. The van der Waals surface area contributed by atoms with Gasteiger partial charge in [-0.05, 0) is 169 Å². The van der Waals surface area contributed by atoms with E-state index in [1.165, 1.54) is 76.8 Å². The molecule has 0 N–H and O–H groups in total. The third-order valence-corrected chi connectivity index (χ3v) is 17.1. The van der Waals surface area contributed by atoms with Crippen LogP contribution in [0.3, 0.4) is 0 Å². The van der Waals surface area contributed by atoms with E-state index >= 15 is 0 Å². The lowest BCUT2D eigenvalue weighted by molar-refractivity contribution is 0.469. The topological polar surface area (TPSA) is 32.8 Å². The second kappa shape index (κ2) is 17.0. The molecule has 2 heterocycles. The molecular weight excluding hydrogens is 889 g/mol. The average molecular weight is 955 g/mol. The molecule has 73 heavy (non-hydrogen) atoms. The number of nitrogens with zero attached hydrogens (tertiary/aromatic N) is 2. The Labute approximate surface area is 430 Å². The van der Waals surface area contributed by atoms with E-state index in [0.29, 0.717) is 0 Å². The van der Waals surface area contributed by atoms with Crippen molar-refractivity contribution in [2.24, 2.45) is 0 Å². The molecular formula is C69H66N2O2. The van der Waals surface area contributed by atoms with Gasteiger partial charge in [0, 0.05) is 54.8 Å². The normalized spacial score (nSPS) is 12.5. The van der Waals surface area contributed by atoms with Gasteiger partial charge in [0.05, 0.1) is 22.7 Å². The first-order valence-electron chi connectivity index (χ1n) is 26.5. The zero-order chi connectivity index (χ0) is 50.8. The van der Waals surface area contributed by atoms with Gasteiger partial charge in [-0.3, -0.25) is 0 Å². The maximum absolute atomic E-state index is 7.25. The maximum Gasteiger partial charge on any atom is 0.159 e. The van der Waals surface area contributed by atoms with Crippen molar-refractivity contribution in [2.75, 3.05) is 9.80 Å². The first-order chi connectivity index (χ1) is 35.1. The van der Waals surface area contributed by atoms with Crippen molar-refractivity contribution >= 4 is 110 Å². The molecule has 0 saturated heterocycles. The van der Waals surface area contributed by atoms with Gasteiger partial charge in [0.1, 0.15) is 11.2 Å². The molecule has 0 radical (unpaired) electrons. The van der Waals surface area contributed by atoms with Crippen LogP contribution in [-0.2, 0) is 10.8 Å². The van der Waals surface area contributed by atoms with E-state index in [0.717, 1.165) is 97.3 Å². The fraction of sp³-hybridized carbons (Fsp3) is 0.246. The average Bonchev–Trinajstić information content (AvgIpc) is 3.97. The Hall–Kier alpha value is -7.56. The second-order valence-corrected chi connectivity index (χ2v) is 22.4. The highest BCUT2D eigenvalue weighted by molar-refractivity contribution is 6.29. The van der Waals surface area contributed by atoms with Crippen molar-refractivity contribution in [3.05, 3.63) is 190 Å². The second-order valence-electron chi connectivity index (χ2n) is 22.4. The van der Waals surface area contributed by atoms with Gasteiger partial charge < -0.3 is 18.6 Å². The number of benzene rings is 10. The van der Waals surface area contributed by atoms with Crippen molar-refractivity contribution in [2.45, 2.75) is 113 Å². The highest BCUT2D eigenvalue weighted by Crippen LogP contribution is 2.52. The Morgan fingerprint density at radius 1 is 0.384 bits per heavy atom. The molecule has 4 nitrogen and oxygen atoms in total. The minimum atomic E-state index is -0.0520. The van der Waals surface area contributed by atoms with Crippen molar-refractivity contribution < 1.29 is 8.83 Å². The third-order valence-electron chi connectivity index (χ3n) is 17.1. The van der Waals surface area contributed by atoms with E-state index in [-0.39, 0.29) is 10.8 Å². The van der Waals surface area contributed by atoms with E-state index in [2.05, 4.69) is 238 Å². The number of para-hydroxylation sites is 4. The molecule has 0 aliphatic rings. The quantitative estimate of drug-likeness (QED) is 0.121. The molecule has 0 amide bonds. The van der Waals surface area contributed by atoms with Crippen LogP contribution < -0.4 is 9.80 Å². The van der Waals surface area contributed by atoms with E-state index in [9.17, 15) is 0 Å². The fourth-order valence-electron chi connectivity index (χ4n) is 12.2. The molecule has 0 spiro atoms. The molecule has 364 valence electrons. The van der Waals surface area contributed by atoms with Gasteiger partial charge in [-0.25, -0.2) is 0 Å². The molecule has 10 aromatic carbocycles. The van der Waals surface area contributed by atoms with Crippen LogP contribution in [0.4, 0.5) is 34.1 Å². The summed E-state index contributed by atoms with van der Waals surface area (Å²) in [6.45, 7) is 27.3. The number of rotatable bonds is 11. The van der Waals surface area contributed by atoms with Gasteiger partial charge in [0.15, 0.2) is 11.2 Å². The molecule has 4 heteroatoms. The van der Waals surface area contributed by atoms with Crippen molar-refractivity contribution in [1.29, 1.82) is 0 Å². The molecule has 0 saturated carbocycles. The van der Waals surface area contributed by atoms with E-state index in [1.54, 1.807) is 0 Å². The van der Waals surface area contributed by atoms with Crippen LogP contribution in [0, 0.1) is 41.5 Å². The standard InChI is InChI=1S/C69H66N2O2/c1-13-35-69(11,12)57-24-16-20-51-53-22-18-26-61(67(53)73-65(51)57)71(49-38-42(5)45(8)43(6)39-49)59-34-30-47-27-31-54-58(33-29-46-28-32-55(59)63(47)62(46)54)70(48-36-40(3)44(7)41(4)37-48)60-25-17-21-52-50-19-15-23-56(68(9,10)14-2)64(50)72-66(52)60/h15-34,36-39H,13-14,35H2,1-12H3. The predicted octanol–water partition coefficient (Wildman–Crippen LogP) is 20.9. The zero-order valence-electron chi connectivity index (χ0n) is 44.7. The van der Waals surface area contributed by atoms with E-state index in [4.69, 9.17) is 8.83 Å². The lowest BCUT2D eigenvalue weighted by Crippen LogP contribution is -2.16. The summed E-state index contributed by atoms with van der Waals surface area (Å²) in [6, 6.07) is 54.8. The number of aryl methyl sites for hydroxylation is 4. The smallest absolute Gasteiger partial charge is 0.159 e. The molecule has 0 atom stereocenters.